The fourth-order valence-corrected chi connectivity index (χ4v) is 2.10. The Kier molecular flexibility index (Phi) is 5.48. The lowest BCUT2D eigenvalue weighted by molar-refractivity contribution is -0.130. The molecule has 4 heteroatoms. The van der Waals surface area contributed by atoms with E-state index in [1.807, 2.05) is 19.9 Å². The Hall–Kier alpha value is -1.22. The first-order chi connectivity index (χ1) is 8.49. The molecule has 1 aromatic rings. The van der Waals surface area contributed by atoms with E-state index in [-0.39, 0.29) is 5.91 Å². The van der Waals surface area contributed by atoms with Gasteiger partial charge in [0, 0.05) is 31.5 Å². The Balaban J connectivity index is 2.93. The second-order valence-corrected chi connectivity index (χ2v) is 4.83. The first-order valence-electron chi connectivity index (χ1n) is 5.93. The van der Waals surface area contributed by atoms with Crippen LogP contribution in [0, 0.1) is 13.8 Å². The highest BCUT2D eigenvalue weighted by Crippen LogP contribution is 2.25. The Morgan fingerprint density at radius 2 is 2.06 bits per heavy atom. The predicted molar refractivity (Wildman–Crippen MR) is 74.3 cm³/mol. The van der Waals surface area contributed by atoms with Gasteiger partial charge in [-0.3, -0.25) is 4.79 Å². The summed E-state index contributed by atoms with van der Waals surface area (Å²) in [6.45, 7) is 4.61. The van der Waals surface area contributed by atoms with Crippen molar-refractivity contribution in [1.82, 2.24) is 4.90 Å². The second kappa shape index (κ2) is 6.64. The van der Waals surface area contributed by atoms with E-state index < -0.39 is 0 Å². The summed E-state index contributed by atoms with van der Waals surface area (Å²) < 4.78 is 5.38. The van der Waals surface area contributed by atoms with Crippen molar-refractivity contribution in [3.63, 3.8) is 0 Å². The van der Waals surface area contributed by atoms with E-state index in [1.165, 1.54) is 0 Å². The SMILES string of the molecule is COc1cc(C)cc(C)c1CN(C)C(=O)CCCl. The van der Waals surface area contributed by atoms with Crippen LogP contribution in [0.5, 0.6) is 5.75 Å². The van der Waals surface area contributed by atoms with Gasteiger partial charge in [0.2, 0.25) is 5.91 Å². The van der Waals surface area contributed by atoms with Crippen LogP contribution in [0.15, 0.2) is 12.1 Å². The van der Waals surface area contributed by atoms with Gasteiger partial charge < -0.3 is 9.64 Å². The smallest absolute Gasteiger partial charge is 0.223 e. The van der Waals surface area contributed by atoms with E-state index in [9.17, 15) is 4.79 Å². The molecule has 0 unspecified atom stereocenters. The molecule has 0 saturated carbocycles. The number of benzene rings is 1. The van der Waals surface area contributed by atoms with Crippen molar-refractivity contribution in [2.75, 3.05) is 20.0 Å². The van der Waals surface area contributed by atoms with Crippen molar-refractivity contribution in [3.05, 3.63) is 28.8 Å². The van der Waals surface area contributed by atoms with Gasteiger partial charge in [-0.1, -0.05) is 6.07 Å². The van der Waals surface area contributed by atoms with Crippen LogP contribution in [0.2, 0.25) is 0 Å². The molecule has 0 radical (unpaired) electrons. The average Bonchev–Trinajstić information content (AvgIpc) is 2.32. The molecule has 0 aliphatic carbocycles. The first-order valence-corrected chi connectivity index (χ1v) is 6.47. The molecule has 100 valence electrons. The highest BCUT2D eigenvalue weighted by Gasteiger charge is 2.13. The topological polar surface area (TPSA) is 29.5 Å². The van der Waals surface area contributed by atoms with Crippen molar-refractivity contribution in [3.8, 4) is 5.75 Å². The minimum absolute atomic E-state index is 0.0482. The van der Waals surface area contributed by atoms with Crippen molar-refractivity contribution in [2.24, 2.45) is 0 Å². The van der Waals surface area contributed by atoms with Crippen molar-refractivity contribution in [2.45, 2.75) is 26.8 Å². The summed E-state index contributed by atoms with van der Waals surface area (Å²) in [7, 11) is 3.44. The first kappa shape index (κ1) is 14.8. The van der Waals surface area contributed by atoms with Crippen molar-refractivity contribution < 1.29 is 9.53 Å². The quantitative estimate of drug-likeness (QED) is 0.770. The molecule has 1 rings (SSSR count). The van der Waals surface area contributed by atoms with Gasteiger partial charge in [0.1, 0.15) is 5.75 Å². The molecule has 0 aliphatic heterocycles. The Morgan fingerprint density at radius 1 is 1.39 bits per heavy atom. The summed E-state index contributed by atoms with van der Waals surface area (Å²) in [4.78, 5) is 13.4. The fourth-order valence-electron chi connectivity index (χ4n) is 1.94. The molecule has 3 nitrogen and oxygen atoms in total. The predicted octanol–water partition coefficient (Wildman–Crippen LogP) is 2.90. The summed E-state index contributed by atoms with van der Waals surface area (Å²) in [5.74, 6) is 1.23. The van der Waals surface area contributed by atoms with Crippen LogP contribution in [0.1, 0.15) is 23.1 Å². The highest BCUT2D eigenvalue weighted by atomic mass is 35.5. The monoisotopic (exact) mass is 269 g/mol. The maximum absolute atomic E-state index is 11.7. The van der Waals surface area contributed by atoms with Crippen LogP contribution >= 0.6 is 11.6 Å². The van der Waals surface area contributed by atoms with Crippen LogP contribution in [-0.2, 0) is 11.3 Å². The zero-order valence-electron chi connectivity index (χ0n) is 11.4. The molecule has 0 heterocycles. The molecule has 0 bridgehead atoms. The second-order valence-electron chi connectivity index (χ2n) is 4.45. The number of carbonyl (C=O) groups is 1. The molecule has 18 heavy (non-hydrogen) atoms. The lowest BCUT2D eigenvalue weighted by atomic mass is 10.0. The number of ether oxygens (including phenoxy) is 1. The highest BCUT2D eigenvalue weighted by molar-refractivity contribution is 6.18. The number of hydrogen-bond acceptors (Lipinski definition) is 2. The minimum atomic E-state index is 0.0482. The van der Waals surface area contributed by atoms with Crippen LogP contribution in [0.3, 0.4) is 0 Å². The van der Waals surface area contributed by atoms with E-state index in [1.54, 1.807) is 19.1 Å². The molecular weight excluding hydrogens is 250 g/mol. The van der Waals surface area contributed by atoms with Gasteiger partial charge in [0.25, 0.3) is 0 Å². The van der Waals surface area contributed by atoms with Crippen LogP contribution in [-0.4, -0.2) is 30.8 Å². The van der Waals surface area contributed by atoms with Gasteiger partial charge in [-0.2, -0.15) is 0 Å². The summed E-state index contributed by atoms with van der Waals surface area (Å²) in [5.41, 5.74) is 3.34. The fraction of sp³-hybridized carbons (Fsp3) is 0.500. The van der Waals surface area contributed by atoms with E-state index >= 15 is 0 Å². The number of amides is 1. The van der Waals surface area contributed by atoms with Gasteiger partial charge in [-0.15, -0.1) is 11.6 Å². The molecule has 0 aromatic heterocycles. The number of methoxy groups -OCH3 is 1. The third-order valence-corrected chi connectivity index (χ3v) is 3.11. The molecular formula is C14H20ClNO2. The molecule has 0 aliphatic rings. The Morgan fingerprint density at radius 3 is 2.61 bits per heavy atom. The van der Waals surface area contributed by atoms with Crippen LogP contribution < -0.4 is 4.74 Å². The molecule has 1 aromatic carbocycles. The molecule has 0 saturated heterocycles. The summed E-state index contributed by atoms with van der Waals surface area (Å²) in [6.07, 6.45) is 0.366. The number of rotatable bonds is 5. The molecule has 0 spiro atoms. The molecule has 0 atom stereocenters. The normalized spacial score (nSPS) is 10.3. The number of alkyl halides is 1. The zero-order valence-corrected chi connectivity index (χ0v) is 12.2. The Labute approximate surface area is 114 Å². The van der Waals surface area contributed by atoms with E-state index in [0.29, 0.717) is 18.8 Å². The van der Waals surface area contributed by atoms with Gasteiger partial charge in [-0.05, 0) is 31.0 Å². The standard InChI is InChI=1S/C14H20ClNO2/c1-10-7-11(2)12(13(8-10)18-4)9-16(3)14(17)5-6-15/h7-8H,5-6,9H2,1-4H3. The third kappa shape index (κ3) is 3.64. The van der Waals surface area contributed by atoms with Crippen LogP contribution in [0.4, 0.5) is 0 Å². The number of hydrogen-bond donors (Lipinski definition) is 0. The lowest BCUT2D eigenvalue weighted by Gasteiger charge is -2.20. The van der Waals surface area contributed by atoms with Gasteiger partial charge in [0.05, 0.1) is 7.11 Å². The number of halogens is 1. The molecule has 0 fully saturated rings. The largest absolute Gasteiger partial charge is 0.496 e. The van der Waals surface area contributed by atoms with Gasteiger partial charge >= 0.3 is 0 Å². The maximum atomic E-state index is 11.7. The average molecular weight is 270 g/mol. The van der Waals surface area contributed by atoms with E-state index in [0.717, 1.165) is 22.4 Å². The number of nitrogens with zero attached hydrogens (tertiary/aromatic N) is 1. The van der Waals surface area contributed by atoms with Crippen molar-refractivity contribution >= 4 is 17.5 Å². The number of aryl methyl sites for hydroxylation is 2. The lowest BCUT2D eigenvalue weighted by Crippen LogP contribution is -2.26. The summed E-state index contributed by atoms with van der Waals surface area (Å²) in [6, 6.07) is 4.08. The van der Waals surface area contributed by atoms with E-state index in [4.69, 9.17) is 16.3 Å². The van der Waals surface area contributed by atoms with Crippen molar-refractivity contribution in [1.29, 1.82) is 0 Å². The number of carbonyl (C=O) groups excluding carboxylic acids is 1. The summed E-state index contributed by atoms with van der Waals surface area (Å²) >= 11 is 5.58. The van der Waals surface area contributed by atoms with Crippen LogP contribution in [0.25, 0.3) is 0 Å². The summed E-state index contributed by atoms with van der Waals surface area (Å²) in [5, 5.41) is 0. The van der Waals surface area contributed by atoms with Gasteiger partial charge in [-0.25, -0.2) is 0 Å². The minimum Gasteiger partial charge on any atom is -0.496 e. The maximum Gasteiger partial charge on any atom is 0.223 e. The molecule has 1 amide bonds. The third-order valence-electron chi connectivity index (χ3n) is 2.93. The van der Waals surface area contributed by atoms with Gasteiger partial charge in [0.15, 0.2) is 0 Å². The molecule has 0 N–H and O–H groups in total. The Bertz CT molecular complexity index is 432. The zero-order chi connectivity index (χ0) is 13.7. The van der Waals surface area contributed by atoms with E-state index in [2.05, 4.69) is 6.07 Å².